The molecule has 1 heterocycles. The topological polar surface area (TPSA) is 107 Å². The molecule has 0 spiro atoms. The van der Waals surface area contributed by atoms with E-state index in [1.807, 2.05) is 0 Å². The standard InChI is InChI=1S/C18H12N4O4/c23-18(13-2-1-11-19-12-13)26-17-9-5-15(6-10-17)21-20-14-3-7-16(8-4-14)22(24)25/h1-12H. The fraction of sp³-hybridized carbons (Fsp3) is 0. The number of non-ortho nitro benzene ring substituents is 1. The third-order valence-electron chi connectivity index (χ3n) is 3.29. The molecule has 3 aromatic rings. The van der Waals surface area contributed by atoms with Crippen molar-refractivity contribution in [2.24, 2.45) is 10.2 Å². The van der Waals surface area contributed by atoms with E-state index >= 15 is 0 Å². The van der Waals surface area contributed by atoms with Crippen LogP contribution in [0, 0.1) is 10.1 Å². The SMILES string of the molecule is O=C(Oc1ccc(N=Nc2ccc([N+](=O)[O-])cc2)cc1)c1cccnc1. The molecule has 0 unspecified atom stereocenters. The molecular formula is C18H12N4O4. The Morgan fingerprint density at radius 3 is 2.12 bits per heavy atom. The van der Waals surface area contributed by atoms with E-state index in [0.717, 1.165) is 0 Å². The third kappa shape index (κ3) is 4.32. The van der Waals surface area contributed by atoms with E-state index < -0.39 is 10.9 Å². The Morgan fingerprint density at radius 1 is 0.962 bits per heavy atom. The molecule has 0 aliphatic carbocycles. The van der Waals surface area contributed by atoms with Crippen LogP contribution >= 0.6 is 0 Å². The van der Waals surface area contributed by atoms with Gasteiger partial charge in [0, 0.05) is 24.5 Å². The van der Waals surface area contributed by atoms with E-state index in [0.29, 0.717) is 22.7 Å². The summed E-state index contributed by atoms with van der Waals surface area (Å²) >= 11 is 0. The molecule has 0 atom stereocenters. The Bertz CT molecular complexity index is 939. The van der Waals surface area contributed by atoms with Gasteiger partial charge in [-0.1, -0.05) is 0 Å². The van der Waals surface area contributed by atoms with Crippen LogP contribution in [0.1, 0.15) is 10.4 Å². The van der Waals surface area contributed by atoms with Gasteiger partial charge in [0.2, 0.25) is 0 Å². The highest BCUT2D eigenvalue weighted by atomic mass is 16.6. The van der Waals surface area contributed by atoms with E-state index in [-0.39, 0.29) is 5.69 Å². The second-order valence-electron chi connectivity index (χ2n) is 5.10. The molecule has 128 valence electrons. The number of carbonyl (C=O) groups excluding carboxylic acids is 1. The molecule has 0 bridgehead atoms. The van der Waals surface area contributed by atoms with Gasteiger partial charge in [0.25, 0.3) is 5.69 Å². The van der Waals surface area contributed by atoms with Crippen LogP contribution in [0.25, 0.3) is 0 Å². The number of ether oxygens (including phenoxy) is 1. The average Bonchev–Trinajstić information content (AvgIpc) is 2.68. The lowest BCUT2D eigenvalue weighted by Gasteiger charge is -2.03. The van der Waals surface area contributed by atoms with Gasteiger partial charge in [0.1, 0.15) is 5.75 Å². The zero-order valence-corrected chi connectivity index (χ0v) is 13.4. The summed E-state index contributed by atoms with van der Waals surface area (Å²) < 4.78 is 5.24. The van der Waals surface area contributed by atoms with Gasteiger partial charge in [-0.2, -0.15) is 10.2 Å². The summed E-state index contributed by atoms with van der Waals surface area (Å²) in [7, 11) is 0. The molecule has 0 aliphatic rings. The van der Waals surface area contributed by atoms with Gasteiger partial charge in [0.15, 0.2) is 0 Å². The molecule has 26 heavy (non-hydrogen) atoms. The molecule has 0 saturated heterocycles. The highest BCUT2D eigenvalue weighted by Crippen LogP contribution is 2.23. The van der Waals surface area contributed by atoms with Crippen molar-refractivity contribution in [3.8, 4) is 5.75 Å². The fourth-order valence-corrected chi connectivity index (χ4v) is 1.99. The van der Waals surface area contributed by atoms with Crippen molar-refractivity contribution in [2.75, 3.05) is 0 Å². The molecule has 0 aliphatic heterocycles. The number of hydrogen-bond donors (Lipinski definition) is 0. The summed E-state index contributed by atoms with van der Waals surface area (Å²) in [5, 5.41) is 18.6. The van der Waals surface area contributed by atoms with Crippen molar-refractivity contribution >= 4 is 23.0 Å². The summed E-state index contributed by atoms with van der Waals surface area (Å²) in [5.74, 6) is -0.133. The molecule has 0 radical (unpaired) electrons. The number of nitro benzene ring substituents is 1. The highest BCUT2D eigenvalue weighted by molar-refractivity contribution is 5.90. The first kappa shape index (κ1) is 16.9. The van der Waals surface area contributed by atoms with Crippen LogP contribution in [-0.2, 0) is 0 Å². The lowest BCUT2D eigenvalue weighted by molar-refractivity contribution is -0.384. The van der Waals surface area contributed by atoms with Crippen molar-refractivity contribution < 1.29 is 14.5 Å². The van der Waals surface area contributed by atoms with Crippen molar-refractivity contribution in [3.63, 3.8) is 0 Å². The van der Waals surface area contributed by atoms with Gasteiger partial charge in [-0.05, 0) is 48.5 Å². The van der Waals surface area contributed by atoms with Gasteiger partial charge in [-0.15, -0.1) is 0 Å². The summed E-state index contributed by atoms with van der Waals surface area (Å²) in [6.07, 6.45) is 3.00. The lowest BCUT2D eigenvalue weighted by atomic mass is 10.3. The predicted molar refractivity (Wildman–Crippen MR) is 92.9 cm³/mol. The number of esters is 1. The number of nitro groups is 1. The minimum absolute atomic E-state index is 0.0104. The number of hydrogen-bond acceptors (Lipinski definition) is 7. The van der Waals surface area contributed by atoms with Gasteiger partial charge in [0.05, 0.1) is 21.9 Å². The zero-order valence-electron chi connectivity index (χ0n) is 13.4. The van der Waals surface area contributed by atoms with Crippen molar-refractivity contribution in [1.29, 1.82) is 0 Å². The number of carbonyl (C=O) groups is 1. The maximum absolute atomic E-state index is 11.9. The average molecular weight is 348 g/mol. The molecule has 0 amide bonds. The first-order chi connectivity index (χ1) is 12.6. The van der Waals surface area contributed by atoms with E-state index in [4.69, 9.17) is 4.74 Å². The van der Waals surface area contributed by atoms with Gasteiger partial charge >= 0.3 is 5.97 Å². The molecule has 8 heteroatoms. The van der Waals surface area contributed by atoms with Crippen molar-refractivity contribution in [2.45, 2.75) is 0 Å². The first-order valence-electron chi connectivity index (χ1n) is 7.50. The molecule has 1 aromatic heterocycles. The second kappa shape index (κ2) is 7.75. The Balaban J connectivity index is 1.64. The summed E-state index contributed by atoms with van der Waals surface area (Å²) in [6.45, 7) is 0. The van der Waals surface area contributed by atoms with E-state index in [1.165, 1.54) is 30.5 Å². The number of rotatable bonds is 5. The van der Waals surface area contributed by atoms with Crippen LogP contribution in [0.2, 0.25) is 0 Å². The number of nitrogens with zero attached hydrogens (tertiary/aromatic N) is 4. The Hall–Kier alpha value is -3.94. The first-order valence-corrected chi connectivity index (χ1v) is 7.50. The smallest absolute Gasteiger partial charge is 0.345 e. The number of azo groups is 1. The quantitative estimate of drug-likeness (QED) is 0.220. The van der Waals surface area contributed by atoms with E-state index in [2.05, 4.69) is 15.2 Å². The second-order valence-corrected chi connectivity index (χ2v) is 5.10. The summed E-state index contributed by atoms with van der Waals surface area (Å²) in [4.78, 5) is 25.9. The molecule has 3 rings (SSSR count). The van der Waals surface area contributed by atoms with Crippen LogP contribution in [0.3, 0.4) is 0 Å². The maximum Gasteiger partial charge on any atom is 0.345 e. The van der Waals surface area contributed by atoms with Crippen LogP contribution in [-0.4, -0.2) is 15.9 Å². The zero-order chi connectivity index (χ0) is 18.4. The van der Waals surface area contributed by atoms with Gasteiger partial charge in [-0.25, -0.2) is 4.79 Å². The Labute approximate surface area is 148 Å². The van der Waals surface area contributed by atoms with Crippen molar-refractivity contribution in [1.82, 2.24) is 4.98 Å². The highest BCUT2D eigenvalue weighted by Gasteiger charge is 2.08. The summed E-state index contributed by atoms with van der Waals surface area (Å²) in [5.41, 5.74) is 1.38. The van der Waals surface area contributed by atoms with Gasteiger partial charge < -0.3 is 4.74 Å². The summed E-state index contributed by atoms with van der Waals surface area (Å²) in [6, 6.07) is 15.5. The Morgan fingerprint density at radius 2 is 1.58 bits per heavy atom. The Kier molecular flexibility index (Phi) is 5.04. The van der Waals surface area contributed by atoms with Gasteiger partial charge in [-0.3, -0.25) is 15.1 Å². The van der Waals surface area contributed by atoms with E-state index in [1.54, 1.807) is 42.6 Å². The van der Waals surface area contributed by atoms with Crippen molar-refractivity contribution in [3.05, 3.63) is 88.7 Å². The largest absolute Gasteiger partial charge is 0.423 e. The van der Waals surface area contributed by atoms with Crippen LogP contribution < -0.4 is 4.74 Å². The monoisotopic (exact) mass is 348 g/mol. The van der Waals surface area contributed by atoms with Crippen LogP contribution in [0.5, 0.6) is 5.75 Å². The molecule has 0 N–H and O–H groups in total. The minimum atomic E-state index is -0.502. The molecular weight excluding hydrogens is 336 g/mol. The number of pyridine rings is 1. The predicted octanol–water partition coefficient (Wildman–Crippen LogP) is 4.62. The third-order valence-corrected chi connectivity index (χ3v) is 3.29. The number of benzene rings is 2. The van der Waals surface area contributed by atoms with Crippen LogP contribution in [0.15, 0.2) is 83.3 Å². The molecule has 0 saturated carbocycles. The maximum atomic E-state index is 11.9. The number of aromatic nitrogens is 1. The lowest BCUT2D eigenvalue weighted by Crippen LogP contribution is -2.08. The molecule has 0 fully saturated rings. The minimum Gasteiger partial charge on any atom is -0.423 e. The van der Waals surface area contributed by atoms with Crippen LogP contribution in [0.4, 0.5) is 17.1 Å². The van der Waals surface area contributed by atoms with E-state index in [9.17, 15) is 14.9 Å². The molecule has 2 aromatic carbocycles. The normalized spacial score (nSPS) is 10.6. The fourth-order valence-electron chi connectivity index (χ4n) is 1.99. The molecule has 8 nitrogen and oxygen atoms in total.